The van der Waals surface area contributed by atoms with Gasteiger partial charge in [0.25, 0.3) is 10.0 Å². The maximum absolute atomic E-state index is 13.4. The summed E-state index contributed by atoms with van der Waals surface area (Å²) in [5.74, 6) is 0.212. The predicted molar refractivity (Wildman–Crippen MR) is 135 cm³/mol. The van der Waals surface area contributed by atoms with Crippen LogP contribution in [-0.2, 0) is 14.8 Å². The molecule has 34 heavy (non-hydrogen) atoms. The van der Waals surface area contributed by atoms with Crippen LogP contribution >= 0.6 is 23.2 Å². The fourth-order valence-electron chi connectivity index (χ4n) is 3.85. The molecule has 1 saturated carbocycles. The zero-order chi connectivity index (χ0) is 24.1. The van der Waals surface area contributed by atoms with Gasteiger partial charge in [0.2, 0.25) is 5.91 Å². The van der Waals surface area contributed by atoms with E-state index in [0.717, 1.165) is 22.9 Å². The lowest BCUT2D eigenvalue weighted by atomic mass is 10.2. The van der Waals surface area contributed by atoms with E-state index in [4.69, 9.17) is 27.9 Å². The Balaban J connectivity index is 1.54. The van der Waals surface area contributed by atoms with Gasteiger partial charge in [0.1, 0.15) is 12.3 Å². The van der Waals surface area contributed by atoms with E-state index < -0.39 is 22.5 Å². The number of nitrogens with zero attached hydrogens (tertiary/aromatic N) is 1. The first kappa shape index (κ1) is 24.4. The first-order chi connectivity index (χ1) is 16.3. The van der Waals surface area contributed by atoms with Gasteiger partial charge in [0.05, 0.1) is 26.7 Å². The molecule has 0 unspecified atom stereocenters. The molecule has 1 N–H and O–H groups in total. The van der Waals surface area contributed by atoms with Crippen LogP contribution in [0.3, 0.4) is 0 Å². The number of nitrogens with one attached hydrogen (secondary N) is 1. The van der Waals surface area contributed by atoms with E-state index in [1.807, 2.05) is 0 Å². The number of benzene rings is 3. The maximum atomic E-state index is 13.4. The normalized spacial score (nSPS) is 14.1. The Hall–Kier alpha value is -2.74. The molecule has 6 nitrogen and oxygen atoms in total. The van der Waals surface area contributed by atoms with Crippen molar-refractivity contribution in [2.75, 3.05) is 16.2 Å². The number of hydrogen-bond donors (Lipinski definition) is 1. The number of sulfonamides is 1. The van der Waals surface area contributed by atoms with Crippen LogP contribution in [0.15, 0.2) is 77.7 Å². The fourth-order valence-corrected chi connectivity index (χ4v) is 5.75. The average Bonchev–Trinajstić information content (AvgIpc) is 3.34. The molecule has 4 rings (SSSR count). The highest BCUT2D eigenvalue weighted by Gasteiger charge is 2.29. The van der Waals surface area contributed by atoms with Crippen LogP contribution in [0.25, 0.3) is 0 Å². The van der Waals surface area contributed by atoms with Crippen molar-refractivity contribution in [2.24, 2.45) is 0 Å². The van der Waals surface area contributed by atoms with Gasteiger partial charge in [0, 0.05) is 5.69 Å². The summed E-state index contributed by atoms with van der Waals surface area (Å²) in [6.07, 6.45) is 4.70. The molecule has 1 aliphatic rings. The van der Waals surface area contributed by atoms with Gasteiger partial charge in [-0.3, -0.25) is 9.10 Å². The standard InChI is InChI=1S/C25H24Cl2N2O4S/c26-22-11-6-12-23(25(22)27)29(34(31,32)21-9-2-1-3-10-21)17-24(30)28-18-13-15-20(16-14-18)33-19-7-4-5-8-19/h1-3,6,9-16,19H,4-5,7-8,17H2,(H,28,30). The first-order valence-electron chi connectivity index (χ1n) is 10.9. The summed E-state index contributed by atoms with van der Waals surface area (Å²) in [5.41, 5.74) is 0.645. The van der Waals surface area contributed by atoms with Crippen LogP contribution in [0.5, 0.6) is 5.75 Å². The molecule has 1 fully saturated rings. The van der Waals surface area contributed by atoms with Gasteiger partial charge in [-0.05, 0) is 74.2 Å². The fraction of sp³-hybridized carbons (Fsp3) is 0.240. The number of halogens is 2. The van der Waals surface area contributed by atoms with Gasteiger partial charge >= 0.3 is 0 Å². The molecule has 0 heterocycles. The van der Waals surface area contributed by atoms with Crippen LogP contribution in [-0.4, -0.2) is 27.0 Å². The van der Waals surface area contributed by atoms with E-state index in [1.54, 1.807) is 54.6 Å². The molecule has 0 aromatic heterocycles. The minimum absolute atomic E-state index is 0.0345. The molecule has 0 atom stereocenters. The highest BCUT2D eigenvalue weighted by molar-refractivity contribution is 7.92. The maximum Gasteiger partial charge on any atom is 0.264 e. The smallest absolute Gasteiger partial charge is 0.264 e. The van der Waals surface area contributed by atoms with Gasteiger partial charge in [-0.25, -0.2) is 8.42 Å². The summed E-state index contributed by atoms with van der Waals surface area (Å²) in [5, 5.41) is 2.98. The molecule has 178 valence electrons. The number of ether oxygens (including phenoxy) is 1. The summed E-state index contributed by atoms with van der Waals surface area (Å²) in [7, 11) is -4.09. The van der Waals surface area contributed by atoms with Crippen molar-refractivity contribution in [1.82, 2.24) is 0 Å². The third kappa shape index (κ3) is 5.66. The topological polar surface area (TPSA) is 75.7 Å². The van der Waals surface area contributed by atoms with Crippen LogP contribution in [0.4, 0.5) is 11.4 Å². The zero-order valence-electron chi connectivity index (χ0n) is 18.3. The van der Waals surface area contributed by atoms with Crippen LogP contribution in [0, 0.1) is 0 Å². The third-order valence-corrected chi connectivity index (χ3v) is 8.14. The quantitative estimate of drug-likeness (QED) is 0.388. The molecule has 3 aromatic carbocycles. The average molecular weight is 519 g/mol. The lowest BCUT2D eigenvalue weighted by Crippen LogP contribution is -2.38. The Bertz CT molecular complexity index is 1250. The van der Waals surface area contributed by atoms with Crippen molar-refractivity contribution in [3.63, 3.8) is 0 Å². The Morgan fingerprint density at radius 2 is 1.62 bits per heavy atom. The monoisotopic (exact) mass is 518 g/mol. The summed E-state index contributed by atoms with van der Waals surface area (Å²) in [6.45, 7) is -0.488. The van der Waals surface area contributed by atoms with E-state index in [1.165, 1.54) is 31.0 Å². The van der Waals surface area contributed by atoms with Crippen LogP contribution in [0.2, 0.25) is 10.0 Å². The second kappa shape index (κ2) is 10.7. The van der Waals surface area contributed by atoms with Crippen molar-refractivity contribution >= 4 is 50.5 Å². The van der Waals surface area contributed by atoms with Crippen LogP contribution in [0.1, 0.15) is 25.7 Å². The number of hydrogen-bond acceptors (Lipinski definition) is 4. The summed E-state index contributed by atoms with van der Waals surface area (Å²) < 4.78 is 33.8. The molecule has 0 radical (unpaired) electrons. The Kier molecular flexibility index (Phi) is 7.66. The lowest BCUT2D eigenvalue weighted by Gasteiger charge is -2.25. The molecular formula is C25H24Cl2N2O4S. The molecule has 0 spiro atoms. The molecule has 0 saturated heterocycles. The second-order valence-corrected chi connectivity index (χ2v) is 10.6. The Morgan fingerprint density at radius 1 is 0.941 bits per heavy atom. The Labute approximate surface area is 209 Å². The largest absolute Gasteiger partial charge is 0.490 e. The summed E-state index contributed by atoms with van der Waals surface area (Å²) in [6, 6.07) is 19.5. The molecule has 3 aromatic rings. The SMILES string of the molecule is O=C(CN(c1cccc(Cl)c1Cl)S(=O)(=O)c1ccccc1)Nc1ccc(OC2CCCC2)cc1. The first-order valence-corrected chi connectivity index (χ1v) is 13.1. The Morgan fingerprint density at radius 3 is 2.29 bits per heavy atom. The van der Waals surface area contributed by atoms with Gasteiger partial charge in [-0.1, -0.05) is 47.5 Å². The lowest BCUT2D eigenvalue weighted by molar-refractivity contribution is -0.114. The molecule has 0 aliphatic heterocycles. The second-order valence-electron chi connectivity index (χ2n) is 7.99. The number of amides is 1. The predicted octanol–water partition coefficient (Wildman–Crippen LogP) is 6.15. The van der Waals surface area contributed by atoms with Gasteiger partial charge < -0.3 is 10.1 Å². The third-order valence-electron chi connectivity index (χ3n) is 5.56. The minimum Gasteiger partial charge on any atom is -0.490 e. The highest BCUT2D eigenvalue weighted by Crippen LogP contribution is 2.35. The van der Waals surface area contributed by atoms with Crippen LogP contribution < -0.4 is 14.4 Å². The molecule has 0 bridgehead atoms. The van der Waals surface area contributed by atoms with E-state index in [9.17, 15) is 13.2 Å². The highest BCUT2D eigenvalue weighted by atomic mass is 35.5. The van der Waals surface area contributed by atoms with Crippen molar-refractivity contribution in [1.29, 1.82) is 0 Å². The molecule has 1 aliphatic carbocycles. The molecule has 9 heteroatoms. The number of rotatable bonds is 8. The number of carbonyl (C=O) groups is 1. The van der Waals surface area contributed by atoms with E-state index in [0.29, 0.717) is 5.69 Å². The van der Waals surface area contributed by atoms with E-state index in [2.05, 4.69) is 5.32 Å². The number of carbonyl (C=O) groups excluding carboxylic acids is 1. The zero-order valence-corrected chi connectivity index (χ0v) is 20.6. The molecule has 1 amide bonds. The van der Waals surface area contributed by atoms with Crippen molar-refractivity contribution in [3.05, 3.63) is 82.8 Å². The molecular weight excluding hydrogens is 495 g/mol. The van der Waals surface area contributed by atoms with E-state index >= 15 is 0 Å². The van der Waals surface area contributed by atoms with E-state index in [-0.39, 0.29) is 26.7 Å². The van der Waals surface area contributed by atoms with Crippen molar-refractivity contribution in [3.8, 4) is 5.75 Å². The minimum atomic E-state index is -4.09. The van der Waals surface area contributed by atoms with Crippen molar-refractivity contribution in [2.45, 2.75) is 36.7 Å². The van der Waals surface area contributed by atoms with Gasteiger partial charge in [-0.15, -0.1) is 0 Å². The van der Waals surface area contributed by atoms with Crippen molar-refractivity contribution < 1.29 is 17.9 Å². The van der Waals surface area contributed by atoms with Gasteiger partial charge in [0.15, 0.2) is 0 Å². The number of anilines is 2. The summed E-state index contributed by atoms with van der Waals surface area (Å²) >= 11 is 12.5. The van der Waals surface area contributed by atoms with Gasteiger partial charge in [-0.2, -0.15) is 0 Å². The summed E-state index contributed by atoms with van der Waals surface area (Å²) in [4.78, 5) is 12.9.